The molecule has 1 aromatic carbocycles. The number of hydrogen-bond acceptors (Lipinski definition) is 6. The number of carbonyl (C=O) groups is 1. The van der Waals surface area contributed by atoms with Crippen LogP contribution in [0.4, 0.5) is 8.78 Å². The van der Waals surface area contributed by atoms with Crippen molar-refractivity contribution in [2.24, 2.45) is 0 Å². The third-order valence-electron chi connectivity index (χ3n) is 4.38. The first-order chi connectivity index (χ1) is 13.4. The molecule has 0 radical (unpaired) electrons. The Kier molecular flexibility index (Phi) is 4.50. The number of nitrogens with zero attached hydrogens (tertiary/aromatic N) is 5. The fourth-order valence-electron chi connectivity index (χ4n) is 3.00. The van der Waals surface area contributed by atoms with Crippen LogP contribution in [-0.4, -0.2) is 37.9 Å². The second-order valence-corrected chi connectivity index (χ2v) is 6.98. The first-order valence-corrected chi connectivity index (χ1v) is 8.94. The van der Waals surface area contributed by atoms with Crippen molar-refractivity contribution in [2.75, 3.05) is 7.11 Å². The highest BCUT2D eigenvalue weighted by molar-refractivity contribution is 9.10. The van der Waals surface area contributed by atoms with Gasteiger partial charge in [-0.3, -0.25) is 4.98 Å². The van der Waals surface area contributed by atoms with Crippen LogP contribution in [0.15, 0.2) is 34.9 Å². The average Bonchev–Trinajstić information content (AvgIpc) is 3.11. The summed E-state index contributed by atoms with van der Waals surface area (Å²) in [5.41, 5.74) is 0.370. The summed E-state index contributed by atoms with van der Waals surface area (Å²) in [6.07, 6.45) is 1.47. The minimum atomic E-state index is -0.834. The number of rotatable bonds is 3. The van der Waals surface area contributed by atoms with Gasteiger partial charge in [0.05, 0.1) is 12.6 Å². The third-order valence-corrected chi connectivity index (χ3v) is 4.81. The molecule has 0 aliphatic carbocycles. The molecule has 0 aliphatic rings. The third kappa shape index (κ3) is 2.89. The van der Waals surface area contributed by atoms with Crippen LogP contribution in [0, 0.1) is 11.6 Å². The maximum absolute atomic E-state index is 15.2. The van der Waals surface area contributed by atoms with Crippen LogP contribution in [0.25, 0.3) is 16.6 Å². The summed E-state index contributed by atoms with van der Waals surface area (Å²) >= 11 is 3.24. The van der Waals surface area contributed by atoms with Gasteiger partial charge in [-0.05, 0) is 34.1 Å². The van der Waals surface area contributed by atoms with Crippen LogP contribution in [0.1, 0.15) is 34.7 Å². The lowest BCUT2D eigenvalue weighted by Crippen LogP contribution is -2.12. The van der Waals surface area contributed by atoms with E-state index in [9.17, 15) is 9.18 Å². The van der Waals surface area contributed by atoms with Gasteiger partial charge in [0, 0.05) is 33.6 Å². The van der Waals surface area contributed by atoms with Crippen molar-refractivity contribution in [3.8, 4) is 0 Å². The van der Waals surface area contributed by atoms with E-state index in [1.807, 2.05) is 0 Å². The van der Waals surface area contributed by atoms with Crippen LogP contribution >= 0.6 is 15.9 Å². The van der Waals surface area contributed by atoms with Crippen LogP contribution in [0.3, 0.4) is 0 Å². The van der Waals surface area contributed by atoms with Gasteiger partial charge in [-0.25, -0.2) is 13.6 Å². The SMILES string of the molecule is COC(=O)c1ccc2nnc(C(C)c3c(F)cc4ncc(Br)cc4c3F)n2n1. The molecule has 7 nitrogen and oxygen atoms in total. The molecule has 1 atom stereocenters. The number of halogens is 3. The van der Waals surface area contributed by atoms with Crippen molar-refractivity contribution in [2.45, 2.75) is 12.8 Å². The zero-order chi connectivity index (χ0) is 20.0. The Morgan fingerprint density at radius 3 is 2.79 bits per heavy atom. The summed E-state index contributed by atoms with van der Waals surface area (Å²) in [5, 5.41) is 12.3. The molecule has 142 valence electrons. The standard InChI is InChI=1S/C18H12BrF2N5O2/c1-8(15-11(20)6-13-10(16(15)21)5-9(19)7-22-13)17-24-23-14-4-3-12(18(27)28-2)25-26(14)17/h3-8H,1-2H3. The molecule has 4 aromatic rings. The Labute approximate surface area is 165 Å². The minimum absolute atomic E-state index is 0.0239. The number of methoxy groups -OCH3 is 1. The Morgan fingerprint density at radius 1 is 1.25 bits per heavy atom. The van der Waals surface area contributed by atoms with Gasteiger partial charge < -0.3 is 4.74 Å². The number of ether oxygens (including phenoxy) is 1. The van der Waals surface area contributed by atoms with E-state index in [2.05, 4.69) is 40.9 Å². The lowest BCUT2D eigenvalue weighted by atomic mass is 9.97. The fourth-order valence-corrected chi connectivity index (χ4v) is 3.33. The van der Waals surface area contributed by atoms with E-state index in [-0.39, 0.29) is 28.0 Å². The zero-order valence-electron chi connectivity index (χ0n) is 14.7. The summed E-state index contributed by atoms with van der Waals surface area (Å²) in [6.45, 7) is 1.59. The summed E-state index contributed by atoms with van der Waals surface area (Å²) < 4.78 is 36.4. The highest BCUT2D eigenvalue weighted by Crippen LogP contribution is 2.32. The highest BCUT2D eigenvalue weighted by atomic mass is 79.9. The number of pyridine rings is 1. The van der Waals surface area contributed by atoms with E-state index in [1.165, 1.54) is 42.1 Å². The van der Waals surface area contributed by atoms with Crippen molar-refractivity contribution < 1.29 is 18.3 Å². The maximum Gasteiger partial charge on any atom is 0.358 e. The largest absolute Gasteiger partial charge is 0.464 e. The normalized spacial score (nSPS) is 12.5. The van der Waals surface area contributed by atoms with E-state index in [4.69, 9.17) is 0 Å². The zero-order valence-corrected chi connectivity index (χ0v) is 16.2. The molecule has 0 N–H and O–H groups in total. The van der Waals surface area contributed by atoms with Gasteiger partial charge >= 0.3 is 5.97 Å². The number of fused-ring (bicyclic) bond motifs is 2. The predicted molar refractivity (Wildman–Crippen MR) is 99.0 cm³/mol. The van der Waals surface area contributed by atoms with E-state index in [0.29, 0.717) is 10.1 Å². The Hall–Kier alpha value is -3.01. The Balaban J connectivity index is 1.90. The van der Waals surface area contributed by atoms with Crippen LogP contribution in [-0.2, 0) is 4.74 Å². The van der Waals surface area contributed by atoms with Crippen LogP contribution in [0.2, 0.25) is 0 Å². The smallest absolute Gasteiger partial charge is 0.358 e. The molecule has 4 rings (SSSR count). The molecule has 3 heterocycles. The second-order valence-electron chi connectivity index (χ2n) is 6.07. The fraction of sp³-hybridized carbons (Fsp3) is 0.167. The molecule has 3 aromatic heterocycles. The van der Waals surface area contributed by atoms with Crippen molar-refractivity contribution in [3.63, 3.8) is 0 Å². The lowest BCUT2D eigenvalue weighted by molar-refractivity contribution is 0.0592. The molecule has 0 bridgehead atoms. The van der Waals surface area contributed by atoms with Crippen LogP contribution < -0.4 is 0 Å². The molecular formula is C18H12BrF2N5O2. The van der Waals surface area contributed by atoms with Gasteiger partial charge in [0.15, 0.2) is 17.2 Å². The van der Waals surface area contributed by atoms with Gasteiger partial charge in [0.1, 0.15) is 11.6 Å². The maximum atomic E-state index is 15.2. The molecule has 0 spiro atoms. The predicted octanol–water partition coefficient (Wildman–Crippen LogP) is 3.65. The van der Waals surface area contributed by atoms with Gasteiger partial charge in [-0.1, -0.05) is 6.92 Å². The number of esters is 1. The van der Waals surface area contributed by atoms with Gasteiger partial charge in [-0.15, -0.1) is 10.2 Å². The first kappa shape index (κ1) is 18.4. The van der Waals surface area contributed by atoms with Crippen molar-refractivity contribution in [1.82, 2.24) is 24.8 Å². The first-order valence-electron chi connectivity index (χ1n) is 8.14. The molecular weight excluding hydrogens is 436 g/mol. The Morgan fingerprint density at radius 2 is 2.04 bits per heavy atom. The molecule has 10 heteroatoms. The second kappa shape index (κ2) is 6.86. The van der Waals surface area contributed by atoms with E-state index in [1.54, 1.807) is 6.92 Å². The molecule has 0 fully saturated rings. The average molecular weight is 448 g/mol. The monoisotopic (exact) mass is 447 g/mol. The molecule has 0 saturated heterocycles. The number of aromatic nitrogens is 5. The number of benzene rings is 1. The Bertz CT molecular complexity index is 1240. The molecule has 0 saturated carbocycles. The lowest BCUT2D eigenvalue weighted by Gasteiger charge is -2.14. The van der Waals surface area contributed by atoms with Crippen LogP contribution in [0.5, 0.6) is 0 Å². The quantitative estimate of drug-likeness (QED) is 0.445. The molecule has 0 amide bonds. The van der Waals surface area contributed by atoms with E-state index < -0.39 is 23.5 Å². The van der Waals surface area contributed by atoms with Gasteiger partial charge in [0.25, 0.3) is 0 Å². The molecule has 28 heavy (non-hydrogen) atoms. The van der Waals surface area contributed by atoms with Gasteiger partial charge in [0.2, 0.25) is 0 Å². The van der Waals surface area contributed by atoms with Crippen molar-refractivity contribution >= 4 is 38.4 Å². The van der Waals surface area contributed by atoms with E-state index in [0.717, 1.165) is 0 Å². The van der Waals surface area contributed by atoms with Crippen molar-refractivity contribution in [1.29, 1.82) is 0 Å². The topological polar surface area (TPSA) is 82.3 Å². The highest BCUT2D eigenvalue weighted by Gasteiger charge is 2.26. The molecule has 1 unspecified atom stereocenters. The molecule has 0 aliphatic heterocycles. The number of carbonyl (C=O) groups excluding carboxylic acids is 1. The van der Waals surface area contributed by atoms with Crippen molar-refractivity contribution in [3.05, 3.63) is 63.7 Å². The minimum Gasteiger partial charge on any atom is -0.464 e. The summed E-state index contributed by atoms with van der Waals surface area (Å²) in [5.74, 6) is -2.79. The summed E-state index contributed by atoms with van der Waals surface area (Å²) in [6, 6.07) is 5.66. The van der Waals surface area contributed by atoms with Gasteiger partial charge in [-0.2, -0.15) is 9.61 Å². The summed E-state index contributed by atoms with van der Waals surface area (Å²) in [4.78, 5) is 15.8. The van der Waals surface area contributed by atoms with E-state index >= 15 is 4.39 Å². The summed E-state index contributed by atoms with van der Waals surface area (Å²) in [7, 11) is 1.23. The number of hydrogen-bond donors (Lipinski definition) is 0.